The average molecular weight is 356 g/mol. The van der Waals surface area contributed by atoms with Gasteiger partial charge in [0.05, 0.1) is 11.4 Å². The van der Waals surface area contributed by atoms with E-state index in [4.69, 9.17) is 4.74 Å². The molecule has 1 aliphatic rings. The lowest BCUT2D eigenvalue weighted by Crippen LogP contribution is -2.47. The van der Waals surface area contributed by atoms with Gasteiger partial charge in [-0.15, -0.1) is 0 Å². The number of carbonyl (C=O) groups is 3. The third-order valence-corrected chi connectivity index (χ3v) is 3.90. The highest BCUT2D eigenvalue weighted by molar-refractivity contribution is 6.11. The molecule has 8 nitrogen and oxygen atoms in total. The predicted molar refractivity (Wildman–Crippen MR) is 92.1 cm³/mol. The number of rotatable bonds is 3. The summed E-state index contributed by atoms with van der Waals surface area (Å²) in [6.07, 6.45) is -1.21. The number of phenolic OH excluding ortho intramolecular Hbond substituents is 2. The van der Waals surface area contributed by atoms with Crippen molar-refractivity contribution >= 4 is 29.2 Å². The van der Waals surface area contributed by atoms with Gasteiger partial charge in [-0.2, -0.15) is 0 Å². The molecule has 1 unspecified atom stereocenters. The van der Waals surface area contributed by atoms with Crippen LogP contribution in [0.15, 0.2) is 42.5 Å². The molecule has 0 spiro atoms. The minimum Gasteiger partial charge on any atom is -0.504 e. The Balaban J connectivity index is 1.79. The Morgan fingerprint density at radius 3 is 2.65 bits per heavy atom. The summed E-state index contributed by atoms with van der Waals surface area (Å²) in [6, 6.07) is 10.6. The lowest BCUT2D eigenvalue weighted by molar-refractivity contribution is -0.128. The van der Waals surface area contributed by atoms with Crippen LogP contribution in [0.4, 0.5) is 11.4 Å². The molecule has 2 amide bonds. The second-order valence-corrected chi connectivity index (χ2v) is 5.71. The fraction of sp³-hybridized carbons (Fsp3) is 0.167. The van der Waals surface area contributed by atoms with Gasteiger partial charge in [-0.3, -0.25) is 14.5 Å². The highest BCUT2D eigenvalue weighted by Gasteiger charge is 2.32. The monoisotopic (exact) mass is 356 g/mol. The SMILES string of the molecule is CC(OC(=O)c1cccc(O)c1O)C(=O)N1CC(=O)Nc2ccccc21. The number of phenols is 2. The highest BCUT2D eigenvalue weighted by atomic mass is 16.5. The Labute approximate surface area is 148 Å². The molecule has 2 aromatic carbocycles. The van der Waals surface area contributed by atoms with E-state index >= 15 is 0 Å². The maximum atomic E-state index is 12.7. The van der Waals surface area contributed by atoms with Gasteiger partial charge in [-0.05, 0) is 31.2 Å². The molecule has 0 saturated heterocycles. The Bertz CT molecular complexity index is 895. The number of nitrogens with one attached hydrogen (secondary N) is 1. The van der Waals surface area contributed by atoms with Crippen molar-refractivity contribution in [3.8, 4) is 11.5 Å². The number of hydrogen-bond donors (Lipinski definition) is 3. The molecule has 0 radical (unpaired) electrons. The average Bonchev–Trinajstić information content (AvgIpc) is 2.62. The number of para-hydroxylation sites is 3. The van der Waals surface area contributed by atoms with Crippen LogP contribution >= 0.6 is 0 Å². The first kappa shape index (κ1) is 17.3. The van der Waals surface area contributed by atoms with E-state index in [0.29, 0.717) is 11.4 Å². The first-order valence-electron chi connectivity index (χ1n) is 7.80. The summed E-state index contributed by atoms with van der Waals surface area (Å²) in [6.45, 7) is 1.17. The number of nitrogens with zero attached hydrogens (tertiary/aromatic N) is 1. The lowest BCUT2D eigenvalue weighted by atomic mass is 10.1. The maximum Gasteiger partial charge on any atom is 0.342 e. The summed E-state index contributed by atoms with van der Waals surface area (Å²) in [7, 11) is 0. The van der Waals surface area contributed by atoms with E-state index < -0.39 is 29.5 Å². The molecule has 3 N–H and O–H groups in total. The van der Waals surface area contributed by atoms with Crippen LogP contribution in [0.3, 0.4) is 0 Å². The molecule has 134 valence electrons. The summed E-state index contributed by atoms with van der Waals surface area (Å²) in [5, 5.41) is 21.9. The molecule has 1 aliphatic heterocycles. The van der Waals surface area contributed by atoms with Crippen molar-refractivity contribution < 1.29 is 29.3 Å². The first-order valence-corrected chi connectivity index (χ1v) is 7.80. The third-order valence-electron chi connectivity index (χ3n) is 3.90. The van der Waals surface area contributed by atoms with Crippen molar-refractivity contribution in [1.82, 2.24) is 0 Å². The summed E-state index contributed by atoms with van der Waals surface area (Å²) >= 11 is 0. The second kappa shape index (κ2) is 6.75. The van der Waals surface area contributed by atoms with E-state index in [2.05, 4.69) is 5.32 Å². The summed E-state index contributed by atoms with van der Waals surface area (Å²) in [4.78, 5) is 37.9. The van der Waals surface area contributed by atoms with Crippen LogP contribution < -0.4 is 10.2 Å². The number of ether oxygens (including phenoxy) is 1. The lowest BCUT2D eigenvalue weighted by Gasteiger charge is -2.30. The zero-order chi connectivity index (χ0) is 18.8. The van der Waals surface area contributed by atoms with Gasteiger partial charge < -0.3 is 20.3 Å². The molecular weight excluding hydrogens is 340 g/mol. The fourth-order valence-electron chi connectivity index (χ4n) is 2.62. The van der Waals surface area contributed by atoms with Crippen LogP contribution in [0.1, 0.15) is 17.3 Å². The quantitative estimate of drug-likeness (QED) is 0.569. The molecule has 0 aromatic heterocycles. The van der Waals surface area contributed by atoms with Gasteiger partial charge in [-0.1, -0.05) is 18.2 Å². The van der Waals surface area contributed by atoms with E-state index in [0.717, 1.165) is 0 Å². The number of anilines is 2. The molecule has 0 saturated carbocycles. The molecule has 2 aromatic rings. The smallest absolute Gasteiger partial charge is 0.342 e. The van der Waals surface area contributed by atoms with Gasteiger partial charge in [0.1, 0.15) is 12.1 Å². The van der Waals surface area contributed by atoms with Gasteiger partial charge in [-0.25, -0.2) is 4.79 Å². The van der Waals surface area contributed by atoms with E-state index in [1.165, 1.54) is 30.0 Å². The van der Waals surface area contributed by atoms with Crippen molar-refractivity contribution in [2.24, 2.45) is 0 Å². The standard InChI is InChI=1S/C18H16N2O6/c1-10(26-18(25)11-5-4-8-14(21)16(11)23)17(24)20-9-15(22)19-12-6-2-3-7-13(12)20/h2-8,10,21,23H,9H2,1H3,(H,19,22). The number of benzene rings is 2. The Kier molecular flexibility index (Phi) is 4.49. The Morgan fingerprint density at radius 1 is 1.15 bits per heavy atom. The van der Waals surface area contributed by atoms with Crippen LogP contribution in [0, 0.1) is 0 Å². The van der Waals surface area contributed by atoms with Crippen LogP contribution in [-0.2, 0) is 14.3 Å². The number of amides is 2. The van der Waals surface area contributed by atoms with E-state index in [1.807, 2.05) is 0 Å². The zero-order valence-corrected chi connectivity index (χ0v) is 13.8. The molecule has 1 atom stereocenters. The maximum absolute atomic E-state index is 12.7. The van der Waals surface area contributed by atoms with Crippen LogP contribution in [0.2, 0.25) is 0 Å². The topological polar surface area (TPSA) is 116 Å². The van der Waals surface area contributed by atoms with Gasteiger partial charge in [0.2, 0.25) is 5.91 Å². The Morgan fingerprint density at radius 2 is 1.88 bits per heavy atom. The number of carbonyl (C=O) groups excluding carboxylic acids is 3. The van der Waals surface area contributed by atoms with Gasteiger partial charge in [0.25, 0.3) is 5.91 Å². The van der Waals surface area contributed by atoms with Crippen LogP contribution in [0.25, 0.3) is 0 Å². The minimum atomic E-state index is -1.21. The fourth-order valence-corrected chi connectivity index (χ4v) is 2.62. The molecule has 0 aliphatic carbocycles. The summed E-state index contributed by atoms with van der Waals surface area (Å²) < 4.78 is 5.10. The largest absolute Gasteiger partial charge is 0.504 e. The van der Waals surface area contributed by atoms with Crippen molar-refractivity contribution in [2.45, 2.75) is 13.0 Å². The minimum absolute atomic E-state index is 0.199. The summed E-state index contributed by atoms with van der Waals surface area (Å²) in [5.74, 6) is -3.00. The number of aromatic hydroxyl groups is 2. The van der Waals surface area contributed by atoms with Gasteiger partial charge >= 0.3 is 5.97 Å². The third kappa shape index (κ3) is 3.16. The number of fused-ring (bicyclic) bond motifs is 1. The number of hydrogen-bond acceptors (Lipinski definition) is 6. The summed E-state index contributed by atoms with van der Waals surface area (Å²) in [5.41, 5.74) is 0.725. The highest BCUT2D eigenvalue weighted by Crippen LogP contribution is 2.31. The van der Waals surface area contributed by atoms with Gasteiger partial charge in [0.15, 0.2) is 17.6 Å². The molecule has 3 rings (SSSR count). The van der Waals surface area contributed by atoms with Crippen LogP contribution in [-0.4, -0.2) is 40.6 Å². The normalized spacial score (nSPS) is 14.2. The van der Waals surface area contributed by atoms with Crippen molar-refractivity contribution in [3.05, 3.63) is 48.0 Å². The molecule has 26 heavy (non-hydrogen) atoms. The molecule has 0 bridgehead atoms. The zero-order valence-electron chi connectivity index (χ0n) is 13.8. The predicted octanol–water partition coefficient (Wildman–Crippen LogP) is 1.63. The first-order chi connectivity index (χ1) is 12.4. The van der Waals surface area contributed by atoms with Crippen molar-refractivity contribution in [1.29, 1.82) is 0 Å². The molecule has 0 fully saturated rings. The number of esters is 1. The Hall–Kier alpha value is -3.55. The van der Waals surface area contributed by atoms with Crippen LogP contribution in [0.5, 0.6) is 11.5 Å². The van der Waals surface area contributed by atoms with Gasteiger partial charge in [0, 0.05) is 0 Å². The van der Waals surface area contributed by atoms with E-state index in [9.17, 15) is 24.6 Å². The van der Waals surface area contributed by atoms with Crippen molar-refractivity contribution in [3.63, 3.8) is 0 Å². The second-order valence-electron chi connectivity index (χ2n) is 5.71. The van der Waals surface area contributed by atoms with E-state index in [-0.39, 0.29) is 18.0 Å². The molecule has 8 heteroatoms. The molecule has 1 heterocycles. The molecular formula is C18H16N2O6. The van der Waals surface area contributed by atoms with E-state index in [1.54, 1.807) is 24.3 Å². The van der Waals surface area contributed by atoms with Crippen molar-refractivity contribution in [2.75, 3.05) is 16.8 Å².